The lowest BCUT2D eigenvalue weighted by molar-refractivity contribution is -0.577. The van der Waals surface area contributed by atoms with E-state index in [0.717, 1.165) is 49.7 Å². The van der Waals surface area contributed by atoms with Crippen molar-refractivity contribution in [2.24, 2.45) is 47.3 Å². The van der Waals surface area contributed by atoms with Crippen LogP contribution in [0.15, 0.2) is 24.3 Å². The molecular weight excluding hydrogens is 688 g/mol. The number of fused-ring (bicyclic) bond motifs is 4. The SMILES string of the molecule is C[C@@H]1CC[C@H]2[C@@H](C)C(OCCC#Cc3ccc(C#CCCOC4O[C@@H]5O[C@@]6(C)CC[C@H]7[C@H](C)CC[C@@H]([C@H]4C)[C@@]57OO6)cc3)O[C@@H]3O[C@@]4(C)CC[C@@H]1[C@]32OO4. The number of benzene rings is 1. The van der Waals surface area contributed by atoms with E-state index in [9.17, 15) is 0 Å². The Morgan fingerprint density at radius 2 is 1.00 bits per heavy atom. The molecule has 8 saturated heterocycles. The summed E-state index contributed by atoms with van der Waals surface area (Å²) in [6.07, 6.45) is 7.55. The summed E-state index contributed by atoms with van der Waals surface area (Å²) in [6.45, 7) is 14.0. The first-order valence-corrected chi connectivity index (χ1v) is 20.7. The first-order valence-electron chi connectivity index (χ1n) is 20.7. The highest BCUT2D eigenvalue weighted by Crippen LogP contribution is 2.62. The second-order valence-corrected chi connectivity index (χ2v) is 18.0. The predicted octanol–water partition coefficient (Wildman–Crippen LogP) is 7.62. The Morgan fingerprint density at radius 3 is 1.43 bits per heavy atom. The van der Waals surface area contributed by atoms with Gasteiger partial charge in [-0.15, -0.1) is 0 Å². The van der Waals surface area contributed by atoms with Gasteiger partial charge in [0.15, 0.2) is 36.4 Å². The van der Waals surface area contributed by atoms with Crippen LogP contribution in [0.25, 0.3) is 0 Å². The summed E-state index contributed by atoms with van der Waals surface area (Å²) in [7, 11) is 0. The fourth-order valence-electron chi connectivity index (χ4n) is 11.5. The third-order valence-corrected chi connectivity index (χ3v) is 14.6. The van der Waals surface area contributed by atoms with Crippen molar-refractivity contribution in [2.75, 3.05) is 13.2 Å². The van der Waals surface area contributed by atoms with E-state index < -0.39 is 35.4 Å². The van der Waals surface area contributed by atoms with Crippen LogP contribution in [0.3, 0.4) is 0 Å². The van der Waals surface area contributed by atoms with Gasteiger partial charge in [-0.3, -0.25) is 0 Å². The summed E-state index contributed by atoms with van der Waals surface area (Å²) in [4.78, 5) is 24.4. The van der Waals surface area contributed by atoms with Crippen LogP contribution in [0.5, 0.6) is 0 Å². The highest BCUT2D eigenvalue weighted by Gasteiger charge is 2.71. The van der Waals surface area contributed by atoms with Crippen molar-refractivity contribution in [2.45, 2.75) is 154 Å². The Hall–Kier alpha value is -2.06. The summed E-state index contributed by atoms with van der Waals surface area (Å²) >= 11 is 0. The van der Waals surface area contributed by atoms with E-state index in [1.165, 1.54) is 12.8 Å². The Balaban J connectivity index is 0.742. The fraction of sp³-hybridized carbons (Fsp3) is 0.773. The second kappa shape index (κ2) is 14.4. The molecule has 4 bridgehead atoms. The molecule has 10 fully saturated rings. The zero-order valence-electron chi connectivity index (χ0n) is 32.8. The van der Waals surface area contributed by atoms with Gasteiger partial charge in [-0.1, -0.05) is 51.4 Å². The van der Waals surface area contributed by atoms with E-state index in [0.29, 0.717) is 49.7 Å². The molecule has 8 heterocycles. The van der Waals surface area contributed by atoms with Crippen molar-refractivity contribution >= 4 is 0 Å². The highest BCUT2D eigenvalue weighted by atomic mass is 17.3. The molecule has 2 saturated carbocycles. The Morgan fingerprint density at radius 1 is 0.574 bits per heavy atom. The molecule has 0 radical (unpaired) electrons. The minimum Gasteiger partial charge on any atom is -0.351 e. The molecular formula is C44H58O10. The van der Waals surface area contributed by atoms with Crippen molar-refractivity contribution < 1.29 is 48.0 Å². The van der Waals surface area contributed by atoms with E-state index >= 15 is 0 Å². The van der Waals surface area contributed by atoms with Gasteiger partial charge in [-0.25, -0.2) is 19.6 Å². The van der Waals surface area contributed by atoms with E-state index in [2.05, 4.69) is 51.4 Å². The number of hydrogen-bond donors (Lipinski definition) is 0. The van der Waals surface area contributed by atoms with Gasteiger partial charge in [-0.05, 0) is 100 Å². The maximum absolute atomic E-state index is 6.53. The average Bonchev–Trinajstić information content (AvgIpc) is 3.54. The smallest absolute Gasteiger partial charge is 0.201 e. The summed E-state index contributed by atoms with van der Waals surface area (Å²) < 4.78 is 38.6. The first-order chi connectivity index (χ1) is 26.0. The molecule has 2 aliphatic carbocycles. The molecule has 0 aromatic heterocycles. The van der Waals surface area contributed by atoms with E-state index in [1.807, 2.05) is 38.1 Å². The molecule has 10 heteroatoms. The van der Waals surface area contributed by atoms with Crippen LogP contribution < -0.4 is 0 Å². The van der Waals surface area contributed by atoms with Gasteiger partial charge in [0.1, 0.15) is 0 Å². The highest BCUT2D eigenvalue weighted by molar-refractivity contribution is 5.41. The zero-order chi connectivity index (χ0) is 37.3. The molecule has 11 rings (SSSR count). The fourth-order valence-corrected chi connectivity index (χ4v) is 11.5. The minimum atomic E-state index is -0.786. The van der Waals surface area contributed by atoms with Gasteiger partial charge in [0.2, 0.25) is 11.6 Å². The lowest BCUT2D eigenvalue weighted by atomic mass is 9.58. The molecule has 2 spiro atoms. The molecule has 54 heavy (non-hydrogen) atoms. The zero-order valence-corrected chi connectivity index (χ0v) is 32.8. The summed E-state index contributed by atoms with van der Waals surface area (Å²) in [6, 6.07) is 8.06. The van der Waals surface area contributed by atoms with Gasteiger partial charge >= 0.3 is 0 Å². The van der Waals surface area contributed by atoms with Crippen molar-refractivity contribution in [3.8, 4) is 23.7 Å². The molecule has 0 amide bonds. The van der Waals surface area contributed by atoms with Crippen LogP contribution in [0, 0.1) is 71.0 Å². The molecule has 8 aliphatic heterocycles. The van der Waals surface area contributed by atoms with Crippen LogP contribution in [-0.4, -0.2) is 61.2 Å². The Bertz CT molecular complexity index is 1540. The standard InChI is InChI=1S/C44H58O10/c1-27-13-19-35-29(3)37(47-39-43(35)33(27)21-23-41(5,49-39)51-53-43)45-25-9-7-11-31-15-17-32(18-16-31)12-8-10-26-46-38-30(4)36-20-14-28(2)34-22-24-42(6)50-40(48-38)44(34,36)54-52-42/h15-18,27-30,33-40H,9-10,13-14,19-26H2,1-6H3/t27-,28-,29-,30-,33+,34+,35+,36+,37?,38?,39-,40-,41-,42-,43-,44-/m1/s1. The lowest BCUT2D eigenvalue weighted by Crippen LogP contribution is -2.70. The van der Waals surface area contributed by atoms with Crippen molar-refractivity contribution in [3.05, 3.63) is 35.4 Å². The van der Waals surface area contributed by atoms with Crippen molar-refractivity contribution in [1.29, 1.82) is 0 Å². The van der Waals surface area contributed by atoms with Gasteiger partial charge in [0, 0.05) is 60.5 Å². The normalized spacial score (nSPS) is 48.6. The van der Waals surface area contributed by atoms with E-state index in [-0.39, 0.29) is 36.3 Å². The molecule has 1 aromatic rings. The van der Waals surface area contributed by atoms with Crippen molar-refractivity contribution in [1.82, 2.24) is 0 Å². The maximum atomic E-state index is 6.53. The molecule has 16 atom stereocenters. The van der Waals surface area contributed by atoms with Crippen LogP contribution in [0.4, 0.5) is 0 Å². The predicted molar refractivity (Wildman–Crippen MR) is 195 cm³/mol. The first kappa shape index (κ1) is 37.5. The summed E-state index contributed by atoms with van der Waals surface area (Å²) in [5.41, 5.74) is 0.748. The molecule has 294 valence electrons. The molecule has 1 aromatic carbocycles. The Labute approximate surface area is 320 Å². The number of ether oxygens (including phenoxy) is 6. The van der Waals surface area contributed by atoms with Crippen LogP contribution >= 0.6 is 0 Å². The van der Waals surface area contributed by atoms with Crippen LogP contribution in [0.1, 0.15) is 117 Å². The Kier molecular flexibility index (Phi) is 10.0. The van der Waals surface area contributed by atoms with Gasteiger partial charge in [0.05, 0.1) is 13.2 Å². The van der Waals surface area contributed by atoms with Gasteiger partial charge in [-0.2, -0.15) is 0 Å². The van der Waals surface area contributed by atoms with Crippen LogP contribution in [0.2, 0.25) is 0 Å². The van der Waals surface area contributed by atoms with Gasteiger partial charge in [0.25, 0.3) is 0 Å². The number of hydrogen-bond acceptors (Lipinski definition) is 10. The minimum absolute atomic E-state index is 0.152. The van der Waals surface area contributed by atoms with E-state index in [1.54, 1.807) is 0 Å². The molecule has 10 nitrogen and oxygen atoms in total. The third kappa shape index (κ3) is 6.29. The third-order valence-electron chi connectivity index (χ3n) is 14.6. The van der Waals surface area contributed by atoms with Gasteiger partial charge < -0.3 is 28.4 Å². The van der Waals surface area contributed by atoms with Crippen molar-refractivity contribution in [3.63, 3.8) is 0 Å². The number of rotatable bonds is 6. The largest absolute Gasteiger partial charge is 0.351 e. The quantitative estimate of drug-likeness (QED) is 0.165. The second-order valence-electron chi connectivity index (χ2n) is 18.0. The topological polar surface area (TPSA) is 92.3 Å². The van der Waals surface area contributed by atoms with Crippen LogP contribution in [-0.2, 0) is 48.0 Å². The van der Waals surface area contributed by atoms with E-state index in [4.69, 9.17) is 48.0 Å². The summed E-state index contributed by atoms with van der Waals surface area (Å²) in [5, 5.41) is 0. The maximum Gasteiger partial charge on any atom is 0.201 e. The molecule has 0 N–H and O–H groups in total. The average molecular weight is 747 g/mol. The summed E-state index contributed by atoms with van der Waals surface area (Å²) in [5.74, 6) is 14.1. The lowest BCUT2D eigenvalue weighted by Gasteiger charge is -2.60. The molecule has 2 unspecified atom stereocenters. The molecule has 10 aliphatic rings. The monoisotopic (exact) mass is 746 g/mol.